The molecule has 0 radical (unpaired) electrons. The second-order valence-corrected chi connectivity index (χ2v) is 8.20. The normalized spacial score (nSPS) is 13.8. The first-order valence-electron chi connectivity index (χ1n) is 11.5. The van der Waals surface area contributed by atoms with E-state index in [1.54, 1.807) is 61.5 Å². The fourth-order valence-corrected chi connectivity index (χ4v) is 4.18. The number of nitrogens with zero attached hydrogens (tertiary/aromatic N) is 3. The molecule has 0 aliphatic carbocycles. The highest BCUT2D eigenvalue weighted by Gasteiger charge is 2.31. The van der Waals surface area contributed by atoms with Crippen LogP contribution in [0, 0.1) is 16.0 Å². The number of nitrogens with one attached hydrogen (secondary N) is 1. The lowest BCUT2D eigenvalue weighted by molar-refractivity contribution is -0.383. The van der Waals surface area contributed by atoms with Crippen LogP contribution in [0.4, 0.5) is 22.9 Å². The fraction of sp³-hybridized carbons (Fsp3) is 0.269. The largest absolute Gasteiger partial charge is 0.466 e. The number of esters is 1. The first-order valence-corrected chi connectivity index (χ1v) is 11.5. The van der Waals surface area contributed by atoms with Gasteiger partial charge in [-0.05, 0) is 50.1 Å². The maximum Gasteiger partial charge on any atom is 0.334 e. The quantitative estimate of drug-likeness (QED) is 0.215. The van der Waals surface area contributed by atoms with Gasteiger partial charge in [0.15, 0.2) is 5.78 Å². The minimum atomic E-state index is -0.449. The lowest BCUT2D eigenvalue weighted by atomic mass is 9.96. The van der Waals surface area contributed by atoms with Gasteiger partial charge in [0.05, 0.1) is 17.4 Å². The number of hydrogen-bond acceptors (Lipinski definition) is 8. The van der Waals surface area contributed by atoms with Crippen LogP contribution >= 0.6 is 0 Å². The maximum atomic E-state index is 12.6. The van der Waals surface area contributed by atoms with E-state index in [1.165, 1.54) is 6.20 Å². The predicted octanol–water partition coefficient (Wildman–Crippen LogP) is 4.74. The highest BCUT2D eigenvalue weighted by atomic mass is 16.6. The van der Waals surface area contributed by atoms with Crippen molar-refractivity contribution in [2.75, 3.05) is 29.9 Å². The van der Waals surface area contributed by atoms with Crippen molar-refractivity contribution in [1.82, 2.24) is 4.98 Å². The number of anilines is 3. The van der Waals surface area contributed by atoms with Crippen molar-refractivity contribution in [1.29, 1.82) is 0 Å². The molecule has 1 fully saturated rings. The van der Waals surface area contributed by atoms with Crippen molar-refractivity contribution in [3.8, 4) is 0 Å². The van der Waals surface area contributed by atoms with E-state index in [-0.39, 0.29) is 29.2 Å². The lowest BCUT2D eigenvalue weighted by Crippen LogP contribution is -2.37. The molecule has 1 saturated heterocycles. The molecule has 35 heavy (non-hydrogen) atoms. The van der Waals surface area contributed by atoms with Crippen LogP contribution in [0.1, 0.15) is 35.7 Å². The van der Waals surface area contributed by atoms with Crippen LogP contribution in [0.25, 0.3) is 0 Å². The number of nitro groups is 1. The Morgan fingerprint density at radius 3 is 2.34 bits per heavy atom. The van der Waals surface area contributed by atoms with Crippen LogP contribution in [0.5, 0.6) is 0 Å². The van der Waals surface area contributed by atoms with Gasteiger partial charge in [0.1, 0.15) is 5.69 Å². The van der Waals surface area contributed by atoms with E-state index in [0.29, 0.717) is 55.0 Å². The number of carbonyl (C=O) groups is 2. The number of ketones is 1. The molecule has 3 aromatic rings. The van der Waals surface area contributed by atoms with Crippen molar-refractivity contribution in [2.45, 2.75) is 19.8 Å². The Kier molecular flexibility index (Phi) is 7.35. The summed E-state index contributed by atoms with van der Waals surface area (Å²) in [4.78, 5) is 42.3. The molecule has 0 amide bonds. The number of rotatable bonds is 8. The topological polar surface area (TPSA) is 115 Å². The molecule has 9 nitrogen and oxygen atoms in total. The van der Waals surface area contributed by atoms with Gasteiger partial charge in [-0.1, -0.05) is 30.3 Å². The Hall–Kier alpha value is -4.27. The molecular weight excluding hydrogens is 448 g/mol. The molecule has 0 atom stereocenters. The highest BCUT2D eigenvalue weighted by Crippen LogP contribution is 2.37. The van der Waals surface area contributed by atoms with E-state index in [4.69, 9.17) is 4.74 Å². The minimum absolute atomic E-state index is 0.102. The standard InChI is InChI=1S/C26H26N4O5/c1-2-35-26(32)20-13-16-29(17-14-20)22-12-15-27-25(23(22)30(33)34)28-21-10-8-19(9-11-21)24(31)18-6-4-3-5-7-18/h3-12,15,20H,2,13-14,16-17H2,1H3,(H,27,28). The summed E-state index contributed by atoms with van der Waals surface area (Å²) in [5.74, 6) is -0.397. The van der Waals surface area contributed by atoms with E-state index in [9.17, 15) is 19.7 Å². The van der Waals surface area contributed by atoms with Crippen molar-refractivity contribution < 1.29 is 19.2 Å². The molecule has 0 unspecified atom stereocenters. The molecule has 0 bridgehead atoms. The second-order valence-electron chi connectivity index (χ2n) is 8.20. The number of ether oxygens (including phenoxy) is 1. The van der Waals surface area contributed by atoms with Crippen LogP contribution < -0.4 is 10.2 Å². The average molecular weight is 475 g/mol. The van der Waals surface area contributed by atoms with Crippen molar-refractivity contribution in [2.24, 2.45) is 5.92 Å². The summed E-state index contributed by atoms with van der Waals surface area (Å²) >= 11 is 0. The van der Waals surface area contributed by atoms with Gasteiger partial charge in [-0.15, -0.1) is 0 Å². The zero-order chi connectivity index (χ0) is 24.8. The van der Waals surface area contributed by atoms with Gasteiger partial charge >= 0.3 is 11.7 Å². The molecule has 1 N–H and O–H groups in total. The van der Waals surface area contributed by atoms with E-state index in [0.717, 1.165) is 0 Å². The van der Waals surface area contributed by atoms with E-state index in [2.05, 4.69) is 10.3 Å². The molecule has 180 valence electrons. The zero-order valence-electron chi connectivity index (χ0n) is 19.3. The zero-order valence-corrected chi connectivity index (χ0v) is 19.3. The molecular formula is C26H26N4O5. The van der Waals surface area contributed by atoms with Crippen molar-refractivity contribution in [3.05, 3.63) is 88.1 Å². The van der Waals surface area contributed by atoms with Crippen LogP contribution in [-0.2, 0) is 9.53 Å². The van der Waals surface area contributed by atoms with Gasteiger partial charge in [-0.3, -0.25) is 19.7 Å². The van der Waals surface area contributed by atoms with Crippen LogP contribution in [0.15, 0.2) is 66.9 Å². The maximum absolute atomic E-state index is 12.6. The van der Waals surface area contributed by atoms with Gasteiger partial charge in [0.2, 0.25) is 5.82 Å². The van der Waals surface area contributed by atoms with Crippen LogP contribution in [0.2, 0.25) is 0 Å². The fourth-order valence-electron chi connectivity index (χ4n) is 4.18. The Balaban J connectivity index is 1.51. The van der Waals surface area contributed by atoms with Gasteiger partial charge < -0.3 is 15.0 Å². The average Bonchev–Trinajstić information content (AvgIpc) is 2.89. The van der Waals surface area contributed by atoms with Gasteiger partial charge in [-0.2, -0.15) is 0 Å². The molecule has 9 heteroatoms. The third-order valence-electron chi connectivity index (χ3n) is 5.99. The molecule has 2 heterocycles. The number of hydrogen-bond donors (Lipinski definition) is 1. The molecule has 0 saturated carbocycles. The summed E-state index contributed by atoms with van der Waals surface area (Å²) in [6.07, 6.45) is 2.66. The van der Waals surface area contributed by atoms with Crippen molar-refractivity contribution >= 4 is 34.6 Å². The first kappa shape index (κ1) is 23.9. The van der Waals surface area contributed by atoms with E-state index in [1.807, 2.05) is 11.0 Å². The monoisotopic (exact) mass is 474 g/mol. The Labute approximate surface area is 202 Å². The number of carbonyl (C=O) groups excluding carboxylic acids is 2. The minimum Gasteiger partial charge on any atom is -0.466 e. The summed E-state index contributed by atoms with van der Waals surface area (Å²) in [6.45, 7) is 3.12. The van der Waals surface area contributed by atoms with Gasteiger partial charge in [0.25, 0.3) is 0 Å². The number of pyridine rings is 1. The van der Waals surface area contributed by atoms with Gasteiger partial charge in [-0.25, -0.2) is 4.98 Å². The smallest absolute Gasteiger partial charge is 0.334 e. The highest BCUT2D eigenvalue weighted by molar-refractivity contribution is 6.09. The predicted molar refractivity (Wildman–Crippen MR) is 132 cm³/mol. The van der Waals surface area contributed by atoms with E-state index < -0.39 is 4.92 Å². The molecule has 1 aliphatic heterocycles. The van der Waals surface area contributed by atoms with Crippen LogP contribution in [-0.4, -0.2) is 41.4 Å². The Bertz CT molecular complexity index is 1210. The second kappa shape index (κ2) is 10.8. The molecule has 4 rings (SSSR count). The third-order valence-corrected chi connectivity index (χ3v) is 5.99. The van der Waals surface area contributed by atoms with Crippen molar-refractivity contribution in [3.63, 3.8) is 0 Å². The summed E-state index contributed by atoms with van der Waals surface area (Å²) in [5.41, 5.74) is 1.99. The summed E-state index contributed by atoms with van der Waals surface area (Å²) < 4.78 is 5.11. The van der Waals surface area contributed by atoms with Gasteiger partial charge in [0, 0.05) is 36.1 Å². The van der Waals surface area contributed by atoms with E-state index >= 15 is 0 Å². The number of aromatic nitrogens is 1. The molecule has 0 spiro atoms. The molecule has 1 aromatic heterocycles. The number of piperidine rings is 1. The number of benzene rings is 2. The lowest BCUT2D eigenvalue weighted by Gasteiger charge is -2.32. The van der Waals surface area contributed by atoms with Crippen LogP contribution in [0.3, 0.4) is 0 Å². The Morgan fingerprint density at radius 1 is 1.06 bits per heavy atom. The SMILES string of the molecule is CCOC(=O)C1CCN(c2ccnc(Nc3ccc(C(=O)c4ccccc4)cc3)c2[N+](=O)[O-])CC1. The molecule has 2 aromatic carbocycles. The Morgan fingerprint density at radius 2 is 1.71 bits per heavy atom. The first-order chi connectivity index (χ1) is 17.0. The summed E-state index contributed by atoms with van der Waals surface area (Å²) in [5, 5.41) is 15.0. The summed E-state index contributed by atoms with van der Waals surface area (Å²) in [7, 11) is 0. The third kappa shape index (κ3) is 5.46. The summed E-state index contributed by atoms with van der Waals surface area (Å²) in [6, 6.07) is 17.3. The molecule has 1 aliphatic rings.